The van der Waals surface area contributed by atoms with Gasteiger partial charge in [0.25, 0.3) is 0 Å². The third kappa shape index (κ3) is 3.39. The SMILES string of the molecule is Nc1ccc(OC2CCN(c3ccncc3)CC2)c(Cl)c1. The summed E-state index contributed by atoms with van der Waals surface area (Å²) < 4.78 is 6.00. The molecule has 1 saturated heterocycles. The van der Waals surface area contributed by atoms with E-state index >= 15 is 0 Å². The minimum atomic E-state index is 0.198. The molecule has 2 aromatic rings. The van der Waals surface area contributed by atoms with E-state index in [1.165, 1.54) is 5.69 Å². The molecule has 2 N–H and O–H groups in total. The molecule has 0 spiro atoms. The van der Waals surface area contributed by atoms with Gasteiger partial charge in [0, 0.05) is 49.7 Å². The molecule has 21 heavy (non-hydrogen) atoms. The third-order valence-corrected chi connectivity index (χ3v) is 4.01. The van der Waals surface area contributed by atoms with Crippen LogP contribution in [0.1, 0.15) is 12.8 Å². The zero-order chi connectivity index (χ0) is 14.7. The molecule has 0 amide bonds. The highest BCUT2D eigenvalue weighted by Crippen LogP contribution is 2.29. The number of aromatic nitrogens is 1. The number of hydrogen-bond donors (Lipinski definition) is 1. The van der Waals surface area contributed by atoms with Gasteiger partial charge < -0.3 is 15.4 Å². The standard InChI is InChI=1S/C16H18ClN3O/c17-15-11-12(18)1-2-16(15)21-14-5-9-20(10-6-14)13-3-7-19-8-4-13/h1-4,7-8,11,14H,5-6,9-10,18H2. The number of benzene rings is 1. The maximum atomic E-state index is 6.15. The number of hydrogen-bond acceptors (Lipinski definition) is 4. The number of ether oxygens (including phenoxy) is 1. The first-order valence-electron chi connectivity index (χ1n) is 7.09. The molecule has 0 unspecified atom stereocenters. The summed E-state index contributed by atoms with van der Waals surface area (Å²) in [6, 6.07) is 9.46. The second kappa shape index (κ2) is 6.22. The van der Waals surface area contributed by atoms with Crippen molar-refractivity contribution in [3.8, 4) is 5.75 Å². The Morgan fingerprint density at radius 2 is 1.86 bits per heavy atom. The molecule has 4 nitrogen and oxygen atoms in total. The van der Waals surface area contributed by atoms with Gasteiger partial charge in [0.2, 0.25) is 0 Å². The summed E-state index contributed by atoms with van der Waals surface area (Å²) in [5.41, 5.74) is 7.56. The van der Waals surface area contributed by atoms with Crippen LogP contribution in [0, 0.1) is 0 Å². The topological polar surface area (TPSA) is 51.4 Å². The molecule has 1 aliphatic rings. The average Bonchev–Trinajstić information content (AvgIpc) is 2.52. The van der Waals surface area contributed by atoms with Crippen molar-refractivity contribution in [1.82, 2.24) is 4.98 Å². The van der Waals surface area contributed by atoms with Gasteiger partial charge in [-0.2, -0.15) is 0 Å². The van der Waals surface area contributed by atoms with E-state index in [-0.39, 0.29) is 6.10 Å². The fraction of sp³-hybridized carbons (Fsp3) is 0.312. The maximum absolute atomic E-state index is 6.15. The van der Waals surface area contributed by atoms with Gasteiger partial charge in [-0.05, 0) is 30.3 Å². The molecule has 1 aromatic carbocycles. The van der Waals surface area contributed by atoms with Crippen LogP contribution >= 0.6 is 11.6 Å². The largest absolute Gasteiger partial charge is 0.489 e. The number of anilines is 2. The average molecular weight is 304 g/mol. The molecule has 0 aliphatic carbocycles. The fourth-order valence-corrected chi connectivity index (χ4v) is 2.81. The first kappa shape index (κ1) is 14.0. The van der Waals surface area contributed by atoms with Crippen molar-refractivity contribution in [2.75, 3.05) is 23.7 Å². The Balaban J connectivity index is 1.59. The molecule has 110 valence electrons. The van der Waals surface area contributed by atoms with Crippen molar-refractivity contribution >= 4 is 23.0 Å². The Kier molecular flexibility index (Phi) is 4.15. The monoisotopic (exact) mass is 303 g/mol. The van der Waals surface area contributed by atoms with Crippen LogP contribution in [0.25, 0.3) is 0 Å². The molecule has 0 bridgehead atoms. The van der Waals surface area contributed by atoms with Crippen LogP contribution in [-0.4, -0.2) is 24.2 Å². The third-order valence-electron chi connectivity index (χ3n) is 3.72. The Bertz CT molecular complexity index is 598. The van der Waals surface area contributed by atoms with Crippen LogP contribution in [0.2, 0.25) is 5.02 Å². The molecular formula is C16H18ClN3O. The minimum Gasteiger partial charge on any atom is -0.489 e. The van der Waals surface area contributed by atoms with E-state index in [2.05, 4.69) is 9.88 Å². The van der Waals surface area contributed by atoms with E-state index in [1.54, 1.807) is 6.07 Å². The van der Waals surface area contributed by atoms with Gasteiger partial charge in [0.1, 0.15) is 11.9 Å². The van der Waals surface area contributed by atoms with Crippen molar-refractivity contribution in [2.24, 2.45) is 0 Å². The Morgan fingerprint density at radius 3 is 2.52 bits per heavy atom. The second-order valence-corrected chi connectivity index (χ2v) is 5.61. The molecule has 0 radical (unpaired) electrons. The molecule has 1 aliphatic heterocycles. The summed E-state index contributed by atoms with van der Waals surface area (Å²) in [6.45, 7) is 1.95. The summed E-state index contributed by atoms with van der Waals surface area (Å²) in [5.74, 6) is 0.716. The molecule has 3 rings (SSSR count). The van der Waals surface area contributed by atoms with Crippen LogP contribution < -0.4 is 15.4 Å². The summed E-state index contributed by atoms with van der Waals surface area (Å²) in [6.07, 6.45) is 5.80. The fourth-order valence-electron chi connectivity index (χ4n) is 2.58. The normalized spacial score (nSPS) is 16.0. The van der Waals surface area contributed by atoms with Crippen molar-refractivity contribution in [1.29, 1.82) is 0 Å². The van der Waals surface area contributed by atoms with Crippen molar-refractivity contribution in [3.05, 3.63) is 47.7 Å². The molecular weight excluding hydrogens is 286 g/mol. The molecule has 1 fully saturated rings. The summed E-state index contributed by atoms with van der Waals surface area (Å²) in [4.78, 5) is 6.40. The summed E-state index contributed by atoms with van der Waals surface area (Å²) in [7, 11) is 0. The molecule has 1 aromatic heterocycles. The first-order valence-corrected chi connectivity index (χ1v) is 7.47. The van der Waals surface area contributed by atoms with Gasteiger partial charge in [0.05, 0.1) is 5.02 Å². The summed E-state index contributed by atoms with van der Waals surface area (Å²) in [5, 5.41) is 0.576. The number of pyridine rings is 1. The lowest BCUT2D eigenvalue weighted by Gasteiger charge is -2.33. The highest BCUT2D eigenvalue weighted by Gasteiger charge is 2.21. The van der Waals surface area contributed by atoms with Crippen LogP contribution in [0.3, 0.4) is 0 Å². The predicted octanol–water partition coefficient (Wildman–Crippen LogP) is 3.37. The van der Waals surface area contributed by atoms with E-state index < -0.39 is 0 Å². The number of rotatable bonds is 3. The van der Waals surface area contributed by atoms with Gasteiger partial charge in [-0.15, -0.1) is 0 Å². The van der Waals surface area contributed by atoms with Gasteiger partial charge in [-0.1, -0.05) is 11.6 Å². The quantitative estimate of drug-likeness (QED) is 0.883. The van der Waals surface area contributed by atoms with E-state index in [1.807, 2.05) is 36.7 Å². The van der Waals surface area contributed by atoms with Gasteiger partial charge in [0.15, 0.2) is 0 Å². The second-order valence-electron chi connectivity index (χ2n) is 5.20. The van der Waals surface area contributed by atoms with Crippen LogP contribution in [-0.2, 0) is 0 Å². The van der Waals surface area contributed by atoms with Crippen molar-refractivity contribution < 1.29 is 4.74 Å². The van der Waals surface area contributed by atoms with Crippen molar-refractivity contribution in [3.63, 3.8) is 0 Å². The number of nitrogen functional groups attached to an aromatic ring is 1. The number of nitrogens with two attached hydrogens (primary N) is 1. The number of halogens is 1. The van der Waals surface area contributed by atoms with Crippen LogP contribution in [0.15, 0.2) is 42.7 Å². The Hall–Kier alpha value is -1.94. The van der Waals surface area contributed by atoms with Crippen LogP contribution in [0.5, 0.6) is 5.75 Å². The molecule has 0 atom stereocenters. The number of piperidine rings is 1. The number of nitrogens with zero attached hydrogens (tertiary/aromatic N) is 2. The maximum Gasteiger partial charge on any atom is 0.138 e. The van der Waals surface area contributed by atoms with Gasteiger partial charge in [-0.25, -0.2) is 0 Å². The summed E-state index contributed by atoms with van der Waals surface area (Å²) >= 11 is 6.15. The zero-order valence-electron chi connectivity index (χ0n) is 11.7. The lowest BCUT2D eigenvalue weighted by molar-refractivity contribution is 0.171. The molecule has 2 heterocycles. The van der Waals surface area contributed by atoms with E-state index in [0.717, 1.165) is 25.9 Å². The zero-order valence-corrected chi connectivity index (χ0v) is 12.5. The Labute approximate surface area is 129 Å². The lowest BCUT2D eigenvalue weighted by Crippen LogP contribution is -2.38. The molecule has 0 saturated carbocycles. The molecule has 5 heteroatoms. The lowest BCUT2D eigenvalue weighted by atomic mass is 10.1. The van der Waals surface area contributed by atoms with E-state index in [4.69, 9.17) is 22.1 Å². The highest BCUT2D eigenvalue weighted by molar-refractivity contribution is 6.32. The Morgan fingerprint density at radius 1 is 1.14 bits per heavy atom. The minimum absolute atomic E-state index is 0.198. The predicted molar refractivity (Wildman–Crippen MR) is 86.0 cm³/mol. The first-order chi connectivity index (χ1) is 10.2. The van der Waals surface area contributed by atoms with Gasteiger partial charge in [-0.3, -0.25) is 4.98 Å². The van der Waals surface area contributed by atoms with Crippen molar-refractivity contribution in [2.45, 2.75) is 18.9 Å². The smallest absolute Gasteiger partial charge is 0.138 e. The van der Waals surface area contributed by atoms with E-state index in [0.29, 0.717) is 16.5 Å². The van der Waals surface area contributed by atoms with Gasteiger partial charge >= 0.3 is 0 Å². The highest BCUT2D eigenvalue weighted by atomic mass is 35.5. The van der Waals surface area contributed by atoms with Crippen LogP contribution in [0.4, 0.5) is 11.4 Å². The van der Waals surface area contributed by atoms with E-state index in [9.17, 15) is 0 Å².